The van der Waals surface area contributed by atoms with Crippen molar-refractivity contribution in [3.8, 4) is 0 Å². The molecule has 1 atom stereocenters. The van der Waals surface area contributed by atoms with Gasteiger partial charge in [-0.3, -0.25) is 29.0 Å². The van der Waals surface area contributed by atoms with Crippen molar-refractivity contribution in [3.63, 3.8) is 0 Å². The number of hydrogen-bond donors (Lipinski definition) is 0. The van der Waals surface area contributed by atoms with Crippen LogP contribution in [0.4, 0.5) is 0 Å². The Bertz CT molecular complexity index is 690. The van der Waals surface area contributed by atoms with E-state index in [-0.39, 0.29) is 18.7 Å². The zero-order valence-electron chi connectivity index (χ0n) is 13.8. The molecule has 0 saturated carbocycles. The number of piperidine rings is 1. The highest BCUT2D eigenvalue weighted by Gasteiger charge is 2.46. The molecule has 1 aromatic rings. The van der Waals surface area contributed by atoms with E-state index in [1.165, 1.54) is 4.90 Å². The first kappa shape index (κ1) is 16.4. The Balaban J connectivity index is 1.85. The van der Waals surface area contributed by atoms with Gasteiger partial charge in [0.05, 0.1) is 11.1 Å². The molecule has 3 rings (SSSR count). The Morgan fingerprint density at radius 2 is 1.62 bits per heavy atom. The molecule has 24 heavy (non-hydrogen) atoms. The molecule has 1 saturated heterocycles. The van der Waals surface area contributed by atoms with E-state index in [2.05, 4.69) is 0 Å². The van der Waals surface area contributed by atoms with Gasteiger partial charge >= 0.3 is 0 Å². The van der Waals surface area contributed by atoms with Gasteiger partial charge in [-0.05, 0) is 30.9 Å². The van der Waals surface area contributed by atoms with Gasteiger partial charge < -0.3 is 0 Å². The van der Waals surface area contributed by atoms with E-state index in [0.717, 1.165) is 4.90 Å². The summed E-state index contributed by atoms with van der Waals surface area (Å²) >= 11 is 0. The van der Waals surface area contributed by atoms with Crippen molar-refractivity contribution in [1.29, 1.82) is 0 Å². The first-order chi connectivity index (χ1) is 11.4. The third kappa shape index (κ3) is 2.62. The predicted octanol–water partition coefficient (Wildman–Crippen LogP) is 1.85. The van der Waals surface area contributed by atoms with Gasteiger partial charge in [-0.15, -0.1) is 0 Å². The van der Waals surface area contributed by atoms with Crippen LogP contribution in [-0.2, 0) is 9.59 Å². The van der Waals surface area contributed by atoms with E-state index in [1.807, 2.05) is 13.8 Å². The number of carbonyl (C=O) groups excluding carboxylic acids is 4. The fourth-order valence-corrected chi connectivity index (χ4v) is 3.17. The van der Waals surface area contributed by atoms with Gasteiger partial charge in [0.25, 0.3) is 17.7 Å². The Morgan fingerprint density at radius 1 is 1.04 bits per heavy atom. The molecule has 126 valence electrons. The molecule has 1 unspecified atom stereocenters. The van der Waals surface area contributed by atoms with Crippen molar-refractivity contribution in [2.75, 3.05) is 6.54 Å². The van der Waals surface area contributed by atoms with E-state index < -0.39 is 23.8 Å². The van der Waals surface area contributed by atoms with Gasteiger partial charge in [-0.1, -0.05) is 26.0 Å². The number of benzene rings is 1. The summed E-state index contributed by atoms with van der Waals surface area (Å²) in [6.07, 6.45) is 1.07. The molecule has 0 spiro atoms. The first-order valence-corrected chi connectivity index (χ1v) is 8.23. The van der Waals surface area contributed by atoms with Crippen molar-refractivity contribution in [2.24, 2.45) is 5.92 Å². The van der Waals surface area contributed by atoms with Crippen LogP contribution in [0, 0.1) is 5.92 Å². The molecule has 6 heteroatoms. The molecule has 0 radical (unpaired) electrons. The fourth-order valence-electron chi connectivity index (χ4n) is 3.17. The number of rotatable bonds is 4. The quantitative estimate of drug-likeness (QED) is 0.791. The average Bonchev–Trinajstić information content (AvgIpc) is 2.80. The number of likely N-dealkylation sites (tertiary alicyclic amines) is 1. The molecule has 2 aliphatic heterocycles. The summed E-state index contributed by atoms with van der Waals surface area (Å²) < 4.78 is 0. The molecule has 4 amide bonds. The van der Waals surface area contributed by atoms with Crippen LogP contribution in [0.15, 0.2) is 24.3 Å². The lowest BCUT2D eigenvalue weighted by molar-refractivity contribution is -0.151. The molecule has 0 aromatic heterocycles. The van der Waals surface area contributed by atoms with Gasteiger partial charge in [0.2, 0.25) is 5.91 Å². The molecular weight excluding hydrogens is 308 g/mol. The Labute approximate surface area is 140 Å². The third-order valence-corrected chi connectivity index (χ3v) is 4.55. The minimum absolute atomic E-state index is 0.169. The SMILES string of the molecule is CC(C)CCN1C(=O)CCC(N2C(=O)c3ccccc3C2=O)C1=O. The van der Waals surface area contributed by atoms with Crippen molar-refractivity contribution >= 4 is 23.6 Å². The standard InChI is InChI=1S/C18H20N2O4/c1-11(2)9-10-19-15(21)8-7-14(18(19)24)20-16(22)12-5-3-4-6-13(12)17(20)23/h3-6,11,14H,7-10H2,1-2H3. The van der Waals surface area contributed by atoms with Crippen LogP contribution in [0.2, 0.25) is 0 Å². The summed E-state index contributed by atoms with van der Waals surface area (Å²) in [5.74, 6) is -1.22. The van der Waals surface area contributed by atoms with Crippen LogP contribution in [0.1, 0.15) is 53.8 Å². The van der Waals surface area contributed by atoms with E-state index in [0.29, 0.717) is 30.0 Å². The van der Waals surface area contributed by atoms with Gasteiger partial charge in [0, 0.05) is 13.0 Å². The zero-order valence-corrected chi connectivity index (χ0v) is 13.8. The second-order valence-corrected chi connectivity index (χ2v) is 6.65. The van der Waals surface area contributed by atoms with Gasteiger partial charge in [-0.25, -0.2) is 0 Å². The number of carbonyl (C=O) groups is 4. The lowest BCUT2D eigenvalue weighted by Gasteiger charge is -2.34. The monoisotopic (exact) mass is 328 g/mol. The molecule has 2 aliphatic rings. The molecule has 2 heterocycles. The molecule has 1 aromatic carbocycles. The highest BCUT2D eigenvalue weighted by Crippen LogP contribution is 2.29. The number of amides is 4. The second-order valence-electron chi connectivity index (χ2n) is 6.65. The smallest absolute Gasteiger partial charge is 0.262 e. The number of nitrogens with zero attached hydrogens (tertiary/aromatic N) is 2. The van der Waals surface area contributed by atoms with Crippen molar-refractivity contribution in [3.05, 3.63) is 35.4 Å². The van der Waals surface area contributed by atoms with E-state index in [4.69, 9.17) is 0 Å². The Morgan fingerprint density at radius 3 is 2.17 bits per heavy atom. The largest absolute Gasteiger partial charge is 0.281 e. The fraction of sp³-hybridized carbons (Fsp3) is 0.444. The lowest BCUT2D eigenvalue weighted by Crippen LogP contribution is -2.56. The maximum absolute atomic E-state index is 12.7. The number of fused-ring (bicyclic) bond motifs is 1. The zero-order chi connectivity index (χ0) is 17.4. The maximum atomic E-state index is 12.7. The molecule has 0 bridgehead atoms. The van der Waals surface area contributed by atoms with Crippen molar-refractivity contribution < 1.29 is 19.2 Å². The van der Waals surface area contributed by atoms with E-state index in [9.17, 15) is 19.2 Å². The minimum atomic E-state index is -0.887. The van der Waals surface area contributed by atoms with E-state index in [1.54, 1.807) is 24.3 Å². The molecule has 1 fully saturated rings. The molecule has 0 aliphatic carbocycles. The maximum Gasteiger partial charge on any atom is 0.262 e. The summed E-state index contributed by atoms with van der Waals surface area (Å²) in [7, 11) is 0. The Hall–Kier alpha value is -2.50. The highest BCUT2D eigenvalue weighted by atomic mass is 16.2. The summed E-state index contributed by atoms with van der Waals surface area (Å²) in [5, 5.41) is 0. The van der Waals surface area contributed by atoms with Crippen LogP contribution >= 0.6 is 0 Å². The second kappa shape index (κ2) is 6.19. The van der Waals surface area contributed by atoms with Crippen LogP contribution in [-0.4, -0.2) is 46.0 Å². The van der Waals surface area contributed by atoms with Crippen LogP contribution in [0.3, 0.4) is 0 Å². The molecule has 0 N–H and O–H groups in total. The van der Waals surface area contributed by atoms with Crippen molar-refractivity contribution in [1.82, 2.24) is 9.80 Å². The van der Waals surface area contributed by atoms with Gasteiger partial charge in [0.15, 0.2) is 0 Å². The topological polar surface area (TPSA) is 74.8 Å². The van der Waals surface area contributed by atoms with Gasteiger partial charge in [0.1, 0.15) is 6.04 Å². The first-order valence-electron chi connectivity index (χ1n) is 8.23. The van der Waals surface area contributed by atoms with E-state index >= 15 is 0 Å². The van der Waals surface area contributed by atoms with Crippen LogP contribution in [0.5, 0.6) is 0 Å². The van der Waals surface area contributed by atoms with Gasteiger partial charge in [-0.2, -0.15) is 0 Å². The molecule has 6 nitrogen and oxygen atoms in total. The molecular formula is C18H20N2O4. The lowest BCUT2D eigenvalue weighted by atomic mass is 10.0. The van der Waals surface area contributed by atoms with Crippen LogP contribution in [0.25, 0.3) is 0 Å². The Kier molecular flexibility index (Phi) is 4.22. The predicted molar refractivity (Wildman–Crippen MR) is 86.1 cm³/mol. The number of hydrogen-bond acceptors (Lipinski definition) is 4. The third-order valence-electron chi connectivity index (χ3n) is 4.55. The highest BCUT2D eigenvalue weighted by molar-refractivity contribution is 6.23. The average molecular weight is 328 g/mol. The number of imide groups is 2. The normalized spacial score (nSPS) is 21.0. The summed E-state index contributed by atoms with van der Waals surface area (Å²) in [4.78, 5) is 52.2. The van der Waals surface area contributed by atoms with Crippen LogP contribution < -0.4 is 0 Å². The summed E-state index contributed by atoms with van der Waals surface area (Å²) in [5.41, 5.74) is 0.641. The summed E-state index contributed by atoms with van der Waals surface area (Å²) in [6, 6.07) is 5.67. The minimum Gasteiger partial charge on any atom is -0.281 e. The van der Waals surface area contributed by atoms with Crippen molar-refractivity contribution in [2.45, 2.75) is 39.2 Å². The summed E-state index contributed by atoms with van der Waals surface area (Å²) in [6.45, 7) is 4.36.